The van der Waals surface area contributed by atoms with Gasteiger partial charge >= 0.3 is 0 Å². The Hall–Kier alpha value is -2.45. The third-order valence-corrected chi connectivity index (χ3v) is 6.04. The highest BCUT2D eigenvalue weighted by molar-refractivity contribution is 7.99. The van der Waals surface area contributed by atoms with Gasteiger partial charge in [-0.05, 0) is 23.8 Å². The van der Waals surface area contributed by atoms with Crippen LogP contribution in [0.25, 0.3) is 10.8 Å². The van der Waals surface area contributed by atoms with Crippen molar-refractivity contribution in [1.29, 1.82) is 0 Å². The van der Waals surface area contributed by atoms with Crippen LogP contribution in [0.3, 0.4) is 0 Å². The van der Waals surface area contributed by atoms with Crippen LogP contribution in [0.5, 0.6) is 0 Å². The van der Waals surface area contributed by atoms with E-state index in [0.29, 0.717) is 23.1 Å². The second-order valence-corrected chi connectivity index (χ2v) is 8.14. The number of aromatic nitrogens is 3. The first-order valence-corrected chi connectivity index (χ1v) is 10.8. The molecular formula is C19H19N5OS2. The molecule has 0 saturated carbocycles. The topological polar surface area (TPSA) is 71.0 Å². The normalized spacial score (nSPS) is 14.1. The average Bonchev–Trinajstić information content (AvgIpc) is 3.24. The maximum Gasteiger partial charge on any atom is 0.271 e. The van der Waals surface area contributed by atoms with Crippen molar-refractivity contribution in [3.63, 3.8) is 0 Å². The van der Waals surface area contributed by atoms with Gasteiger partial charge in [-0.2, -0.15) is 11.8 Å². The fraction of sp³-hybridized carbons (Fsp3) is 0.263. The van der Waals surface area contributed by atoms with E-state index in [1.807, 2.05) is 11.8 Å². The van der Waals surface area contributed by atoms with Crippen LogP contribution in [0.2, 0.25) is 0 Å². The van der Waals surface area contributed by atoms with E-state index in [4.69, 9.17) is 0 Å². The average molecular weight is 398 g/mol. The number of thiazole rings is 1. The molecule has 1 saturated heterocycles. The molecule has 8 heteroatoms. The van der Waals surface area contributed by atoms with Crippen LogP contribution >= 0.6 is 23.1 Å². The van der Waals surface area contributed by atoms with Gasteiger partial charge in [0.1, 0.15) is 5.69 Å². The summed E-state index contributed by atoms with van der Waals surface area (Å²) in [6, 6.07) is 10.2. The lowest BCUT2D eigenvalue weighted by Gasteiger charge is -2.28. The molecule has 1 fully saturated rings. The van der Waals surface area contributed by atoms with Gasteiger partial charge in [0, 0.05) is 54.6 Å². The van der Waals surface area contributed by atoms with E-state index in [0.717, 1.165) is 18.7 Å². The first-order chi connectivity index (χ1) is 13.3. The lowest BCUT2D eigenvalue weighted by Crippen LogP contribution is -2.32. The number of benzene rings is 1. The molecular weight excluding hydrogens is 378 g/mol. The van der Waals surface area contributed by atoms with Crippen molar-refractivity contribution in [3.8, 4) is 10.8 Å². The molecule has 4 rings (SSSR count). The molecule has 1 amide bonds. The molecule has 0 atom stereocenters. The van der Waals surface area contributed by atoms with Crippen LogP contribution in [-0.2, 0) is 6.54 Å². The van der Waals surface area contributed by atoms with Gasteiger partial charge in [-0.3, -0.25) is 4.79 Å². The summed E-state index contributed by atoms with van der Waals surface area (Å²) < 4.78 is 0. The molecule has 3 heterocycles. The van der Waals surface area contributed by atoms with Crippen LogP contribution < -0.4 is 10.2 Å². The number of carbonyl (C=O) groups excluding carboxylic acids is 1. The maximum absolute atomic E-state index is 12.4. The summed E-state index contributed by atoms with van der Waals surface area (Å²) in [7, 11) is 0. The number of carbonyl (C=O) groups is 1. The van der Waals surface area contributed by atoms with Crippen molar-refractivity contribution in [1.82, 2.24) is 20.3 Å². The van der Waals surface area contributed by atoms with Gasteiger partial charge in [0.15, 0.2) is 10.8 Å². The fourth-order valence-corrected chi connectivity index (χ4v) is 4.46. The van der Waals surface area contributed by atoms with Gasteiger partial charge in [-0.15, -0.1) is 11.3 Å². The predicted molar refractivity (Wildman–Crippen MR) is 110 cm³/mol. The van der Waals surface area contributed by atoms with E-state index < -0.39 is 0 Å². The van der Waals surface area contributed by atoms with Crippen molar-refractivity contribution in [3.05, 3.63) is 59.4 Å². The number of nitrogens with one attached hydrogen (secondary N) is 1. The Labute approximate surface area is 166 Å². The molecule has 1 aliphatic heterocycles. The van der Waals surface area contributed by atoms with Crippen molar-refractivity contribution in [2.24, 2.45) is 0 Å². The quantitative estimate of drug-likeness (QED) is 0.713. The van der Waals surface area contributed by atoms with Crippen molar-refractivity contribution >= 4 is 34.7 Å². The first kappa shape index (κ1) is 17.9. The number of hydrogen-bond acceptors (Lipinski definition) is 7. The molecule has 0 unspecified atom stereocenters. The van der Waals surface area contributed by atoms with Crippen LogP contribution in [0.15, 0.2) is 48.1 Å². The zero-order valence-electron chi connectivity index (χ0n) is 14.7. The summed E-state index contributed by atoms with van der Waals surface area (Å²) in [6.07, 6.45) is 3.33. The molecule has 0 bridgehead atoms. The Morgan fingerprint density at radius 2 is 1.85 bits per heavy atom. The molecule has 0 spiro atoms. The molecule has 0 radical (unpaired) electrons. The van der Waals surface area contributed by atoms with Crippen LogP contribution in [0, 0.1) is 0 Å². The van der Waals surface area contributed by atoms with Crippen LogP contribution in [0.1, 0.15) is 16.1 Å². The number of amides is 1. The zero-order chi connectivity index (χ0) is 18.5. The molecule has 3 aromatic rings. The second kappa shape index (κ2) is 8.49. The van der Waals surface area contributed by atoms with Gasteiger partial charge in [-0.25, -0.2) is 15.0 Å². The molecule has 27 heavy (non-hydrogen) atoms. The van der Waals surface area contributed by atoms with E-state index in [1.54, 1.807) is 23.8 Å². The number of hydrogen-bond donors (Lipinski definition) is 1. The summed E-state index contributed by atoms with van der Waals surface area (Å²) in [4.78, 5) is 27.4. The number of thioether (sulfide) groups is 1. The van der Waals surface area contributed by atoms with Gasteiger partial charge < -0.3 is 10.2 Å². The SMILES string of the molecule is O=C(NCc1ccc(N2CCSCC2)cc1)c1csc(-c2ncccn2)n1. The van der Waals surface area contributed by atoms with Crippen molar-refractivity contribution in [2.45, 2.75) is 6.54 Å². The molecule has 138 valence electrons. The smallest absolute Gasteiger partial charge is 0.271 e. The van der Waals surface area contributed by atoms with Crippen molar-refractivity contribution in [2.75, 3.05) is 29.5 Å². The zero-order valence-corrected chi connectivity index (χ0v) is 16.3. The van der Waals surface area contributed by atoms with Crippen molar-refractivity contribution < 1.29 is 4.79 Å². The number of nitrogens with zero attached hydrogens (tertiary/aromatic N) is 4. The Kier molecular flexibility index (Phi) is 5.64. The minimum atomic E-state index is -0.189. The van der Waals surface area contributed by atoms with Gasteiger partial charge in [0.25, 0.3) is 5.91 Å². The fourth-order valence-electron chi connectivity index (χ4n) is 2.81. The highest BCUT2D eigenvalue weighted by Crippen LogP contribution is 2.21. The summed E-state index contributed by atoms with van der Waals surface area (Å²) in [5.41, 5.74) is 2.71. The minimum absolute atomic E-state index is 0.189. The third kappa shape index (κ3) is 4.45. The third-order valence-electron chi connectivity index (χ3n) is 4.26. The molecule has 6 nitrogen and oxygen atoms in total. The Morgan fingerprint density at radius 1 is 1.11 bits per heavy atom. The van der Waals surface area contributed by atoms with E-state index in [2.05, 4.69) is 49.4 Å². The van der Waals surface area contributed by atoms with E-state index in [1.165, 1.54) is 28.5 Å². The summed E-state index contributed by atoms with van der Waals surface area (Å²) in [5.74, 6) is 2.71. The molecule has 2 aromatic heterocycles. The Balaban J connectivity index is 1.34. The Bertz CT molecular complexity index is 892. The molecule has 1 N–H and O–H groups in total. The second-order valence-electron chi connectivity index (χ2n) is 6.06. The minimum Gasteiger partial charge on any atom is -0.370 e. The highest BCUT2D eigenvalue weighted by atomic mass is 32.2. The lowest BCUT2D eigenvalue weighted by atomic mass is 10.2. The Morgan fingerprint density at radius 3 is 2.59 bits per heavy atom. The van der Waals surface area contributed by atoms with Gasteiger partial charge in [-0.1, -0.05) is 12.1 Å². The lowest BCUT2D eigenvalue weighted by molar-refractivity contribution is 0.0946. The predicted octanol–water partition coefficient (Wildman–Crippen LogP) is 3.08. The van der Waals surface area contributed by atoms with E-state index >= 15 is 0 Å². The molecule has 1 aromatic carbocycles. The van der Waals surface area contributed by atoms with Crippen LogP contribution in [0.4, 0.5) is 5.69 Å². The highest BCUT2D eigenvalue weighted by Gasteiger charge is 2.14. The number of anilines is 1. The standard InChI is InChI=1S/C19H19N5OS2/c25-18(16-13-27-19(23-16)17-20-6-1-7-21-17)22-12-14-2-4-15(5-3-14)24-8-10-26-11-9-24/h1-7,13H,8-12H2,(H,22,25). The number of rotatable bonds is 5. The first-order valence-electron chi connectivity index (χ1n) is 8.72. The summed E-state index contributed by atoms with van der Waals surface area (Å²) >= 11 is 3.37. The van der Waals surface area contributed by atoms with Gasteiger partial charge in [0.2, 0.25) is 0 Å². The molecule has 1 aliphatic rings. The summed E-state index contributed by atoms with van der Waals surface area (Å²) in [5, 5.41) is 5.30. The summed E-state index contributed by atoms with van der Waals surface area (Å²) in [6.45, 7) is 2.67. The van der Waals surface area contributed by atoms with Crippen LogP contribution in [-0.4, -0.2) is 45.5 Å². The van der Waals surface area contributed by atoms with E-state index in [9.17, 15) is 4.79 Å². The largest absolute Gasteiger partial charge is 0.370 e. The van der Waals surface area contributed by atoms with E-state index in [-0.39, 0.29) is 5.91 Å². The molecule has 0 aliphatic carbocycles. The van der Waals surface area contributed by atoms with Gasteiger partial charge in [0.05, 0.1) is 0 Å². The maximum atomic E-state index is 12.4. The monoisotopic (exact) mass is 397 g/mol.